The fraction of sp³-hybridized carbons (Fsp3) is 0.625. The van der Waals surface area contributed by atoms with Crippen LogP contribution in [0.15, 0.2) is 22.7 Å². The number of nitrogens with zero attached hydrogens (tertiary/aromatic N) is 1. The van der Waals surface area contributed by atoms with Crippen LogP contribution in [0, 0.1) is 5.82 Å². The topological polar surface area (TPSA) is 29.3 Å². The van der Waals surface area contributed by atoms with Gasteiger partial charge in [0.1, 0.15) is 5.82 Å². The lowest BCUT2D eigenvalue weighted by molar-refractivity contribution is 0.154. The standard InChI is InChI=1S/C16H26BrFN2/c1-4-5-6-9-20(12(2)3)16(11-19)13-7-8-15(18)14(17)10-13/h7-8,10,12,16H,4-6,9,11,19H2,1-3H3. The molecule has 0 radical (unpaired) electrons. The zero-order valence-electron chi connectivity index (χ0n) is 12.7. The molecule has 4 heteroatoms. The Labute approximate surface area is 130 Å². The Morgan fingerprint density at radius 3 is 2.50 bits per heavy atom. The minimum atomic E-state index is -0.230. The van der Waals surface area contributed by atoms with Gasteiger partial charge >= 0.3 is 0 Å². The number of rotatable bonds is 8. The predicted octanol–water partition coefficient (Wildman–Crippen LogP) is 4.49. The summed E-state index contributed by atoms with van der Waals surface area (Å²) in [6.45, 7) is 8.16. The molecule has 0 saturated carbocycles. The summed E-state index contributed by atoms with van der Waals surface area (Å²) in [5, 5.41) is 0. The van der Waals surface area contributed by atoms with Crippen molar-refractivity contribution in [3.05, 3.63) is 34.1 Å². The van der Waals surface area contributed by atoms with Crippen LogP contribution in [0.5, 0.6) is 0 Å². The molecule has 1 rings (SSSR count). The van der Waals surface area contributed by atoms with Crippen LogP contribution in [-0.4, -0.2) is 24.0 Å². The molecule has 0 saturated heterocycles. The summed E-state index contributed by atoms with van der Waals surface area (Å²) in [7, 11) is 0. The number of hydrogen-bond acceptors (Lipinski definition) is 2. The summed E-state index contributed by atoms with van der Waals surface area (Å²) in [6, 6.07) is 5.76. The van der Waals surface area contributed by atoms with Crippen LogP contribution in [0.4, 0.5) is 4.39 Å². The van der Waals surface area contributed by atoms with Crippen molar-refractivity contribution in [2.45, 2.75) is 52.1 Å². The summed E-state index contributed by atoms with van der Waals surface area (Å²) < 4.78 is 13.9. The molecule has 114 valence electrons. The number of halogens is 2. The first-order chi connectivity index (χ1) is 9.51. The van der Waals surface area contributed by atoms with Crippen molar-refractivity contribution in [2.24, 2.45) is 5.73 Å². The lowest BCUT2D eigenvalue weighted by Crippen LogP contribution is -2.39. The summed E-state index contributed by atoms with van der Waals surface area (Å²) in [5.74, 6) is -0.230. The molecule has 0 amide bonds. The van der Waals surface area contributed by atoms with Gasteiger partial charge in [0.25, 0.3) is 0 Å². The molecule has 2 N–H and O–H groups in total. The van der Waals surface area contributed by atoms with Gasteiger partial charge in [0.2, 0.25) is 0 Å². The van der Waals surface area contributed by atoms with Gasteiger partial charge in [-0.25, -0.2) is 4.39 Å². The van der Waals surface area contributed by atoms with Gasteiger partial charge in [0.05, 0.1) is 4.47 Å². The Morgan fingerprint density at radius 1 is 1.30 bits per heavy atom. The SMILES string of the molecule is CCCCCN(C(C)C)C(CN)c1ccc(F)c(Br)c1. The minimum Gasteiger partial charge on any atom is -0.329 e. The van der Waals surface area contributed by atoms with Gasteiger partial charge in [-0.2, -0.15) is 0 Å². The van der Waals surface area contributed by atoms with Crippen LogP contribution in [0.1, 0.15) is 51.6 Å². The number of unbranched alkanes of at least 4 members (excludes halogenated alkanes) is 2. The van der Waals surface area contributed by atoms with Crippen LogP contribution in [0.3, 0.4) is 0 Å². The Kier molecular flexibility index (Phi) is 7.70. The smallest absolute Gasteiger partial charge is 0.137 e. The van der Waals surface area contributed by atoms with E-state index < -0.39 is 0 Å². The van der Waals surface area contributed by atoms with Crippen LogP contribution in [-0.2, 0) is 0 Å². The van der Waals surface area contributed by atoms with E-state index in [1.807, 2.05) is 12.1 Å². The van der Waals surface area contributed by atoms with Crippen molar-refractivity contribution in [3.63, 3.8) is 0 Å². The summed E-state index contributed by atoms with van der Waals surface area (Å²) >= 11 is 3.26. The molecule has 0 heterocycles. The third kappa shape index (κ3) is 4.83. The van der Waals surface area contributed by atoms with Crippen molar-refractivity contribution in [3.8, 4) is 0 Å². The summed E-state index contributed by atoms with van der Waals surface area (Å²) in [6.07, 6.45) is 3.61. The van der Waals surface area contributed by atoms with E-state index >= 15 is 0 Å². The highest BCUT2D eigenvalue weighted by atomic mass is 79.9. The zero-order chi connectivity index (χ0) is 15.1. The second kappa shape index (κ2) is 8.75. The second-order valence-electron chi connectivity index (χ2n) is 5.46. The monoisotopic (exact) mass is 344 g/mol. The van der Waals surface area contributed by atoms with Gasteiger partial charge in [-0.1, -0.05) is 25.8 Å². The molecule has 0 aliphatic carbocycles. The van der Waals surface area contributed by atoms with Crippen molar-refractivity contribution in [1.82, 2.24) is 4.90 Å². The van der Waals surface area contributed by atoms with Crippen molar-refractivity contribution >= 4 is 15.9 Å². The fourth-order valence-corrected chi connectivity index (χ4v) is 2.90. The highest BCUT2D eigenvalue weighted by Crippen LogP contribution is 2.26. The van der Waals surface area contributed by atoms with E-state index in [0.29, 0.717) is 17.1 Å². The highest BCUT2D eigenvalue weighted by molar-refractivity contribution is 9.10. The minimum absolute atomic E-state index is 0.142. The molecule has 0 aromatic heterocycles. The maximum Gasteiger partial charge on any atom is 0.137 e. The van der Waals surface area contributed by atoms with Crippen molar-refractivity contribution in [2.75, 3.05) is 13.1 Å². The molecule has 0 aliphatic rings. The first-order valence-electron chi connectivity index (χ1n) is 7.42. The third-order valence-corrected chi connectivity index (χ3v) is 4.24. The summed E-state index contributed by atoms with van der Waals surface area (Å²) in [5.41, 5.74) is 7.06. The normalized spacial score (nSPS) is 13.2. The Balaban J connectivity index is 2.91. The van der Waals surface area contributed by atoms with Gasteiger partial charge in [-0.05, 0) is 60.4 Å². The Morgan fingerprint density at radius 2 is 2.00 bits per heavy atom. The van der Waals surface area contributed by atoms with E-state index in [2.05, 4.69) is 41.6 Å². The lowest BCUT2D eigenvalue weighted by Gasteiger charge is -2.35. The molecule has 0 aliphatic heterocycles. The van der Waals surface area contributed by atoms with Gasteiger partial charge in [-0.3, -0.25) is 4.90 Å². The maximum absolute atomic E-state index is 13.4. The van der Waals surface area contributed by atoms with Gasteiger partial charge in [0.15, 0.2) is 0 Å². The van der Waals surface area contributed by atoms with E-state index in [-0.39, 0.29) is 11.9 Å². The summed E-state index contributed by atoms with van der Waals surface area (Å²) in [4.78, 5) is 2.41. The van der Waals surface area contributed by atoms with Crippen molar-refractivity contribution < 1.29 is 4.39 Å². The third-order valence-electron chi connectivity index (χ3n) is 3.64. The van der Waals surface area contributed by atoms with E-state index in [0.717, 1.165) is 12.1 Å². The quantitative estimate of drug-likeness (QED) is 0.704. The first kappa shape index (κ1) is 17.6. The molecule has 1 aromatic rings. The molecule has 1 atom stereocenters. The molecule has 2 nitrogen and oxygen atoms in total. The second-order valence-corrected chi connectivity index (χ2v) is 6.32. The average molecular weight is 345 g/mol. The highest BCUT2D eigenvalue weighted by Gasteiger charge is 2.21. The molecular weight excluding hydrogens is 319 g/mol. The van der Waals surface area contributed by atoms with Gasteiger partial charge in [-0.15, -0.1) is 0 Å². The van der Waals surface area contributed by atoms with Crippen LogP contribution in [0.25, 0.3) is 0 Å². The molecule has 0 fully saturated rings. The van der Waals surface area contributed by atoms with Crippen LogP contribution < -0.4 is 5.73 Å². The van der Waals surface area contributed by atoms with E-state index in [1.165, 1.54) is 25.3 Å². The van der Waals surface area contributed by atoms with Crippen LogP contribution in [0.2, 0.25) is 0 Å². The Hall–Kier alpha value is -0.450. The lowest BCUT2D eigenvalue weighted by atomic mass is 10.0. The molecule has 1 unspecified atom stereocenters. The van der Waals surface area contributed by atoms with E-state index in [4.69, 9.17) is 5.73 Å². The fourth-order valence-electron chi connectivity index (χ4n) is 2.50. The van der Waals surface area contributed by atoms with E-state index in [9.17, 15) is 4.39 Å². The van der Waals surface area contributed by atoms with E-state index in [1.54, 1.807) is 0 Å². The van der Waals surface area contributed by atoms with Crippen LogP contribution >= 0.6 is 15.9 Å². The number of benzene rings is 1. The molecular formula is C16H26BrFN2. The molecule has 0 spiro atoms. The molecule has 20 heavy (non-hydrogen) atoms. The molecule has 1 aromatic carbocycles. The molecule has 0 bridgehead atoms. The predicted molar refractivity (Wildman–Crippen MR) is 87.3 cm³/mol. The average Bonchev–Trinajstić information content (AvgIpc) is 2.41. The zero-order valence-corrected chi connectivity index (χ0v) is 14.3. The van der Waals surface area contributed by atoms with Crippen molar-refractivity contribution in [1.29, 1.82) is 0 Å². The van der Waals surface area contributed by atoms with Gasteiger partial charge in [0, 0.05) is 18.6 Å². The van der Waals surface area contributed by atoms with Gasteiger partial charge < -0.3 is 5.73 Å². The number of nitrogens with two attached hydrogens (primary N) is 1. The largest absolute Gasteiger partial charge is 0.329 e. The first-order valence-corrected chi connectivity index (χ1v) is 8.21. The number of hydrogen-bond donors (Lipinski definition) is 1. The maximum atomic E-state index is 13.4. The Bertz CT molecular complexity index is 409.